The molecule has 1 aliphatic heterocycles. The second-order valence-electron chi connectivity index (χ2n) is 10.2. The molecule has 4 heterocycles. The highest BCUT2D eigenvalue weighted by molar-refractivity contribution is 6.15. The summed E-state index contributed by atoms with van der Waals surface area (Å²) in [6.07, 6.45) is 3.62. The summed E-state index contributed by atoms with van der Waals surface area (Å²) in [6.45, 7) is 4.56. The standard InChI is InChI=1S/C36H25N5/c1-37-30-11-4-7-15-33(30)40-23-25-17-18-27-26-9-2-6-14-32(26)41(36(27)35(25)28-10-3-5-13-31(28)40)34-16-8-12-29(39-34)24-19-21-38-22-20-24/h2-22H,1,23H2. The first-order valence-corrected chi connectivity index (χ1v) is 13.7. The van der Waals surface area contributed by atoms with Gasteiger partial charge in [-0.2, -0.15) is 0 Å². The minimum Gasteiger partial charge on any atom is -0.335 e. The predicted molar refractivity (Wildman–Crippen MR) is 169 cm³/mol. The van der Waals surface area contributed by atoms with Crippen LogP contribution in [0, 0.1) is 0 Å². The second kappa shape index (κ2) is 9.28. The Balaban J connectivity index is 1.43. The van der Waals surface area contributed by atoms with Crippen LogP contribution in [0.25, 0.3) is 50.0 Å². The van der Waals surface area contributed by atoms with E-state index in [1.807, 2.05) is 36.7 Å². The van der Waals surface area contributed by atoms with Crippen molar-refractivity contribution in [1.82, 2.24) is 14.5 Å². The second-order valence-corrected chi connectivity index (χ2v) is 10.2. The molecule has 3 aromatic heterocycles. The largest absolute Gasteiger partial charge is 0.335 e. The number of hydrogen-bond acceptors (Lipinski definition) is 4. The van der Waals surface area contributed by atoms with Gasteiger partial charge in [-0.25, -0.2) is 4.98 Å². The lowest BCUT2D eigenvalue weighted by Crippen LogP contribution is -2.22. The van der Waals surface area contributed by atoms with Gasteiger partial charge in [-0.1, -0.05) is 66.7 Å². The number of fused-ring (bicyclic) bond motifs is 7. The van der Waals surface area contributed by atoms with Gasteiger partial charge in [-0.05, 0) is 60.8 Å². The smallest absolute Gasteiger partial charge is 0.138 e. The molecule has 0 radical (unpaired) electrons. The molecule has 0 amide bonds. The molecule has 0 N–H and O–H groups in total. The average Bonchev–Trinajstić information content (AvgIpc) is 3.39. The van der Waals surface area contributed by atoms with E-state index < -0.39 is 0 Å². The number of benzene rings is 4. The number of anilines is 2. The zero-order valence-electron chi connectivity index (χ0n) is 22.3. The molecule has 0 bridgehead atoms. The predicted octanol–water partition coefficient (Wildman–Crippen LogP) is 8.89. The molecule has 4 aromatic carbocycles. The maximum Gasteiger partial charge on any atom is 0.138 e. The van der Waals surface area contributed by atoms with Gasteiger partial charge < -0.3 is 4.90 Å². The van der Waals surface area contributed by atoms with Crippen molar-refractivity contribution in [2.24, 2.45) is 4.99 Å². The number of pyridine rings is 2. The van der Waals surface area contributed by atoms with E-state index in [1.165, 1.54) is 33.0 Å². The Morgan fingerprint density at radius 2 is 1.46 bits per heavy atom. The normalized spacial score (nSPS) is 12.3. The van der Waals surface area contributed by atoms with Crippen molar-refractivity contribution < 1.29 is 0 Å². The van der Waals surface area contributed by atoms with Crippen LogP contribution < -0.4 is 4.90 Å². The molecule has 8 rings (SSSR count). The summed E-state index contributed by atoms with van der Waals surface area (Å²) in [7, 11) is 0. The monoisotopic (exact) mass is 527 g/mol. The molecular weight excluding hydrogens is 502 g/mol. The van der Waals surface area contributed by atoms with Gasteiger partial charge in [0.2, 0.25) is 0 Å². The van der Waals surface area contributed by atoms with Crippen molar-refractivity contribution in [3.8, 4) is 28.2 Å². The first-order valence-electron chi connectivity index (χ1n) is 13.7. The van der Waals surface area contributed by atoms with Crippen LogP contribution in [0.1, 0.15) is 5.56 Å². The number of rotatable bonds is 4. The van der Waals surface area contributed by atoms with E-state index in [0.29, 0.717) is 0 Å². The van der Waals surface area contributed by atoms with Gasteiger partial charge in [-0.15, -0.1) is 0 Å². The highest BCUT2D eigenvalue weighted by Gasteiger charge is 2.28. The Bertz CT molecular complexity index is 2110. The van der Waals surface area contributed by atoms with Crippen molar-refractivity contribution >= 4 is 45.6 Å². The molecule has 0 unspecified atom stereocenters. The molecular formula is C36H25N5. The lowest BCUT2D eigenvalue weighted by molar-refractivity contribution is 0.960. The van der Waals surface area contributed by atoms with Crippen LogP contribution in [0.15, 0.2) is 133 Å². The summed E-state index contributed by atoms with van der Waals surface area (Å²) < 4.78 is 2.33. The molecule has 0 fully saturated rings. The van der Waals surface area contributed by atoms with Crippen LogP contribution in [-0.2, 0) is 6.54 Å². The molecule has 5 nitrogen and oxygen atoms in total. The third kappa shape index (κ3) is 3.60. The summed E-state index contributed by atoms with van der Waals surface area (Å²) in [5, 5.41) is 2.43. The molecule has 0 saturated carbocycles. The van der Waals surface area contributed by atoms with Gasteiger partial charge in [0.1, 0.15) is 5.82 Å². The van der Waals surface area contributed by atoms with Gasteiger partial charge >= 0.3 is 0 Å². The third-order valence-electron chi connectivity index (χ3n) is 8.00. The van der Waals surface area contributed by atoms with E-state index >= 15 is 0 Å². The fourth-order valence-corrected chi connectivity index (χ4v) is 6.22. The zero-order chi connectivity index (χ0) is 27.3. The van der Waals surface area contributed by atoms with Crippen molar-refractivity contribution in [2.75, 3.05) is 4.90 Å². The van der Waals surface area contributed by atoms with Crippen molar-refractivity contribution in [3.05, 3.63) is 133 Å². The molecule has 7 aromatic rings. The number of aromatic nitrogens is 3. The molecule has 41 heavy (non-hydrogen) atoms. The first-order chi connectivity index (χ1) is 20.3. The van der Waals surface area contributed by atoms with Crippen LogP contribution in [0.2, 0.25) is 0 Å². The maximum atomic E-state index is 5.18. The number of aliphatic imine (C=N–C) groups is 1. The Morgan fingerprint density at radius 3 is 2.34 bits per heavy atom. The van der Waals surface area contributed by atoms with Crippen LogP contribution >= 0.6 is 0 Å². The molecule has 5 heteroatoms. The lowest BCUT2D eigenvalue weighted by Gasteiger charge is -2.34. The highest BCUT2D eigenvalue weighted by Crippen LogP contribution is 2.49. The topological polar surface area (TPSA) is 46.3 Å². The van der Waals surface area contributed by atoms with E-state index in [9.17, 15) is 0 Å². The Hall–Kier alpha value is -5.55. The summed E-state index contributed by atoms with van der Waals surface area (Å²) in [4.78, 5) is 16.1. The van der Waals surface area contributed by atoms with Crippen LogP contribution in [0.4, 0.5) is 17.1 Å². The average molecular weight is 528 g/mol. The van der Waals surface area contributed by atoms with Gasteiger partial charge in [0, 0.05) is 52.1 Å². The fraction of sp³-hybridized carbons (Fsp3) is 0.0278. The van der Waals surface area contributed by atoms with Gasteiger partial charge in [-0.3, -0.25) is 14.5 Å². The maximum absolute atomic E-state index is 5.18. The van der Waals surface area contributed by atoms with E-state index in [4.69, 9.17) is 4.98 Å². The SMILES string of the molecule is C=Nc1ccccc1N1Cc2ccc3c4ccccc4n(-c4cccc(-c5ccncc5)n4)c3c2-c2ccccc21. The lowest BCUT2D eigenvalue weighted by atomic mass is 9.90. The summed E-state index contributed by atoms with van der Waals surface area (Å²) in [5.41, 5.74) is 11.0. The number of para-hydroxylation sites is 4. The highest BCUT2D eigenvalue weighted by atomic mass is 15.2. The summed E-state index contributed by atoms with van der Waals surface area (Å²) in [6, 6.07) is 40.3. The van der Waals surface area contributed by atoms with Crippen LogP contribution in [0.5, 0.6) is 0 Å². The molecule has 0 atom stereocenters. The summed E-state index contributed by atoms with van der Waals surface area (Å²) >= 11 is 0. The van der Waals surface area contributed by atoms with E-state index in [-0.39, 0.29) is 0 Å². The van der Waals surface area contributed by atoms with Gasteiger partial charge in [0.25, 0.3) is 0 Å². The van der Waals surface area contributed by atoms with Gasteiger partial charge in [0.05, 0.1) is 28.1 Å². The van der Waals surface area contributed by atoms with Crippen molar-refractivity contribution in [3.63, 3.8) is 0 Å². The molecule has 0 spiro atoms. The van der Waals surface area contributed by atoms with E-state index in [2.05, 4.69) is 117 Å². The minimum absolute atomic E-state index is 0.723. The Kier molecular flexibility index (Phi) is 5.28. The fourth-order valence-electron chi connectivity index (χ4n) is 6.22. The molecule has 194 valence electrons. The third-order valence-corrected chi connectivity index (χ3v) is 8.00. The van der Waals surface area contributed by atoms with Crippen LogP contribution in [0.3, 0.4) is 0 Å². The zero-order valence-corrected chi connectivity index (χ0v) is 22.3. The Morgan fingerprint density at radius 1 is 0.683 bits per heavy atom. The number of nitrogens with zero attached hydrogens (tertiary/aromatic N) is 5. The summed E-state index contributed by atoms with van der Waals surface area (Å²) in [5.74, 6) is 0.889. The molecule has 0 aliphatic carbocycles. The van der Waals surface area contributed by atoms with Crippen molar-refractivity contribution in [2.45, 2.75) is 6.54 Å². The van der Waals surface area contributed by atoms with Crippen LogP contribution in [-0.4, -0.2) is 21.3 Å². The Labute approximate surface area is 237 Å². The molecule has 0 saturated heterocycles. The van der Waals surface area contributed by atoms with E-state index in [1.54, 1.807) is 0 Å². The van der Waals surface area contributed by atoms with Gasteiger partial charge in [0.15, 0.2) is 0 Å². The number of hydrogen-bond donors (Lipinski definition) is 0. The van der Waals surface area contributed by atoms with E-state index in [0.717, 1.165) is 46.2 Å². The first kappa shape index (κ1) is 23.3. The molecule has 1 aliphatic rings. The quantitative estimate of drug-likeness (QED) is 0.215. The van der Waals surface area contributed by atoms with Crippen molar-refractivity contribution in [1.29, 1.82) is 0 Å². The minimum atomic E-state index is 0.723.